The molecule has 1 aromatic carbocycles. The van der Waals surface area contributed by atoms with Crippen molar-refractivity contribution in [3.8, 4) is 0 Å². The molecule has 0 bridgehead atoms. The Hall–Kier alpha value is -0.490. The third kappa shape index (κ3) is 4.01. The molecule has 1 aliphatic rings. The molecule has 2 unspecified atom stereocenters. The lowest BCUT2D eigenvalue weighted by Crippen LogP contribution is -2.41. The zero-order valence-electron chi connectivity index (χ0n) is 10.3. The van der Waals surface area contributed by atoms with E-state index in [9.17, 15) is 13.2 Å². The smallest absolute Gasteiger partial charge is 0.224 e. The summed E-state index contributed by atoms with van der Waals surface area (Å²) < 4.78 is 22.8. The summed E-state index contributed by atoms with van der Waals surface area (Å²) in [7, 11) is -3.16. The van der Waals surface area contributed by atoms with E-state index in [1.165, 1.54) is 0 Å². The lowest BCUT2D eigenvalue weighted by molar-refractivity contribution is -0.120. The molecule has 0 spiro atoms. The van der Waals surface area contributed by atoms with Gasteiger partial charge in [0.2, 0.25) is 5.91 Å². The number of carbonyl (C=O) groups excluding carboxylic acids is 1. The zero-order chi connectivity index (χ0) is 14.9. The van der Waals surface area contributed by atoms with Crippen LogP contribution in [0.3, 0.4) is 0 Å². The van der Waals surface area contributed by atoms with Crippen molar-refractivity contribution in [1.29, 1.82) is 0 Å². The van der Waals surface area contributed by atoms with Gasteiger partial charge in [0.1, 0.15) is 0 Å². The second kappa shape index (κ2) is 6.10. The highest BCUT2D eigenvalue weighted by Gasteiger charge is 2.37. The van der Waals surface area contributed by atoms with Gasteiger partial charge in [0, 0.05) is 0 Å². The first-order valence-electron chi connectivity index (χ1n) is 5.84. The fourth-order valence-electron chi connectivity index (χ4n) is 2.03. The van der Waals surface area contributed by atoms with Gasteiger partial charge < -0.3 is 5.32 Å². The first kappa shape index (κ1) is 15.9. The van der Waals surface area contributed by atoms with E-state index in [2.05, 4.69) is 5.32 Å². The number of sulfone groups is 1. The summed E-state index contributed by atoms with van der Waals surface area (Å²) in [5, 5.41) is 2.84. The summed E-state index contributed by atoms with van der Waals surface area (Å²) in [6.45, 7) is 0. The van der Waals surface area contributed by atoms with Gasteiger partial charge >= 0.3 is 0 Å². The quantitative estimate of drug-likeness (QED) is 0.843. The molecule has 1 heterocycles. The number of amides is 1. The van der Waals surface area contributed by atoms with Crippen LogP contribution >= 0.6 is 34.8 Å². The Labute approximate surface area is 132 Å². The molecule has 2 atom stereocenters. The third-order valence-corrected chi connectivity index (χ3v) is 6.09. The molecule has 4 nitrogen and oxygen atoms in total. The Bertz CT molecular complexity index is 633. The molecule has 1 fully saturated rings. The molecule has 110 valence electrons. The van der Waals surface area contributed by atoms with E-state index in [1.807, 2.05) is 0 Å². The van der Waals surface area contributed by atoms with Crippen LogP contribution < -0.4 is 5.32 Å². The topological polar surface area (TPSA) is 63.2 Å². The van der Waals surface area contributed by atoms with Crippen LogP contribution in [-0.2, 0) is 21.1 Å². The summed E-state index contributed by atoms with van der Waals surface area (Å²) in [6, 6.07) is 4.36. The number of nitrogens with one attached hydrogen (secondary N) is 1. The van der Waals surface area contributed by atoms with Gasteiger partial charge in [-0.15, -0.1) is 11.6 Å². The predicted octanol–water partition coefficient (Wildman–Crippen LogP) is 2.06. The normalized spacial score (nSPS) is 24.6. The van der Waals surface area contributed by atoms with Crippen molar-refractivity contribution < 1.29 is 13.2 Å². The molecule has 1 N–H and O–H groups in total. The number of alkyl halides is 1. The monoisotopic (exact) mass is 355 g/mol. The van der Waals surface area contributed by atoms with Crippen LogP contribution in [0, 0.1) is 0 Å². The highest BCUT2D eigenvalue weighted by Crippen LogP contribution is 2.23. The Balaban J connectivity index is 1.97. The van der Waals surface area contributed by atoms with Crippen molar-refractivity contribution >= 4 is 50.5 Å². The molecule has 1 aliphatic heterocycles. The number of rotatable bonds is 3. The summed E-state index contributed by atoms with van der Waals surface area (Å²) in [5.74, 6) is -0.517. The summed E-state index contributed by atoms with van der Waals surface area (Å²) in [4.78, 5) is 11.9. The van der Waals surface area contributed by atoms with Crippen molar-refractivity contribution in [3.63, 3.8) is 0 Å². The minimum atomic E-state index is -3.16. The van der Waals surface area contributed by atoms with E-state index in [0.29, 0.717) is 15.6 Å². The van der Waals surface area contributed by atoms with Gasteiger partial charge in [0.15, 0.2) is 9.84 Å². The zero-order valence-corrected chi connectivity index (χ0v) is 13.4. The molecule has 1 aromatic rings. The van der Waals surface area contributed by atoms with Crippen LogP contribution in [0.5, 0.6) is 0 Å². The molecular weight excluding hydrogens is 345 g/mol. The first-order valence-corrected chi connectivity index (χ1v) is 8.86. The van der Waals surface area contributed by atoms with Gasteiger partial charge in [-0.3, -0.25) is 4.79 Å². The average molecular weight is 357 g/mol. The van der Waals surface area contributed by atoms with E-state index in [1.54, 1.807) is 18.2 Å². The largest absolute Gasteiger partial charge is 0.351 e. The molecule has 1 saturated heterocycles. The molecule has 1 amide bonds. The van der Waals surface area contributed by atoms with Crippen LogP contribution in [-0.4, -0.2) is 37.2 Å². The maximum atomic E-state index is 11.9. The van der Waals surface area contributed by atoms with E-state index in [-0.39, 0.29) is 23.8 Å². The van der Waals surface area contributed by atoms with Gasteiger partial charge in [-0.1, -0.05) is 29.3 Å². The Morgan fingerprint density at radius 1 is 1.25 bits per heavy atom. The van der Waals surface area contributed by atoms with Crippen LogP contribution in [0.25, 0.3) is 0 Å². The van der Waals surface area contributed by atoms with E-state index < -0.39 is 21.3 Å². The maximum Gasteiger partial charge on any atom is 0.224 e. The molecule has 20 heavy (non-hydrogen) atoms. The van der Waals surface area contributed by atoms with Crippen LogP contribution in [0.1, 0.15) is 5.56 Å². The van der Waals surface area contributed by atoms with Gasteiger partial charge in [0.25, 0.3) is 0 Å². The fraction of sp³-hybridized carbons (Fsp3) is 0.417. The van der Waals surface area contributed by atoms with E-state index in [4.69, 9.17) is 34.8 Å². The molecule has 0 radical (unpaired) electrons. The van der Waals surface area contributed by atoms with E-state index >= 15 is 0 Å². The predicted molar refractivity (Wildman–Crippen MR) is 80.4 cm³/mol. The number of benzene rings is 1. The van der Waals surface area contributed by atoms with Gasteiger partial charge in [0.05, 0.1) is 39.4 Å². The minimum Gasteiger partial charge on any atom is -0.351 e. The van der Waals surface area contributed by atoms with Gasteiger partial charge in [-0.25, -0.2) is 8.42 Å². The van der Waals surface area contributed by atoms with Crippen LogP contribution in [0.2, 0.25) is 10.0 Å². The standard InChI is InChI=1S/C12H12Cl3NO3S/c13-8-2-1-7(3-9(8)14)4-12(17)16-11-6-20(18,19)5-10(11)15/h1-3,10-11H,4-6H2,(H,16,17). The lowest BCUT2D eigenvalue weighted by Gasteiger charge is -2.14. The van der Waals surface area contributed by atoms with Crippen molar-refractivity contribution in [2.75, 3.05) is 11.5 Å². The summed E-state index contributed by atoms with van der Waals surface area (Å²) in [5.41, 5.74) is 0.698. The van der Waals surface area contributed by atoms with Crippen LogP contribution in [0.15, 0.2) is 18.2 Å². The SMILES string of the molecule is O=C(Cc1ccc(Cl)c(Cl)c1)NC1CS(=O)(=O)CC1Cl. The van der Waals surface area contributed by atoms with Crippen molar-refractivity contribution in [2.45, 2.75) is 17.8 Å². The molecular formula is C12H12Cl3NO3S. The van der Waals surface area contributed by atoms with E-state index in [0.717, 1.165) is 0 Å². The van der Waals surface area contributed by atoms with Gasteiger partial charge in [-0.2, -0.15) is 0 Å². The molecule has 0 aliphatic carbocycles. The average Bonchev–Trinajstić information content (AvgIpc) is 2.57. The Kier molecular flexibility index (Phi) is 4.84. The second-order valence-electron chi connectivity index (χ2n) is 4.69. The molecule has 8 heteroatoms. The highest BCUT2D eigenvalue weighted by molar-refractivity contribution is 7.91. The minimum absolute atomic E-state index is 0.0943. The summed E-state index contributed by atoms with van der Waals surface area (Å²) in [6.07, 6.45) is 0.0943. The number of hydrogen-bond donors (Lipinski definition) is 1. The number of carbonyl (C=O) groups is 1. The Morgan fingerprint density at radius 3 is 2.50 bits per heavy atom. The van der Waals surface area contributed by atoms with Crippen molar-refractivity contribution in [3.05, 3.63) is 33.8 Å². The maximum absolute atomic E-state index is 11.9. The molecule has 0 aromatic heterocycles. The fourth-order valence-corrected chi connectivity index (χ4v) is 4.90. The van der Waals surface area contributed by atoms with Crippen molar-refractivity contribution in [2.24, 2.45) is 0 Å². The Morgan fingerprint density at radius 2 is 1.95 bits per heavy atom. The van der Waals surface area contributed by atoms with Gasteiger partial charge in [-0.05, 0) is 17.7 Å². The summed E-state index contributed by atoms with van der Waals surface area (Å²) >= 11 is 17.6. The van der Waals surface area contributed by atoms with Crippen LogP contribution in [0.4, 0.5) is 0 Å². The lowest BCUT2D eigenvalue weighted by atomic mass is 10.1. The number of halogens is 3. The third-order valence-electron chi connectivity index (χ3n) is 2.98. The first-order chi connectivity index (χ1) is 9.27. The second-order valence-corrected chi connectivity index (χ2v) is 8.22. The molecule has 0 saturated carbocycles. The highest BCUT2D eigenvalue weighted by atomic mass is 35.5. The number of hydrogen-bond acceptors (Lipinski definition) is 3. The molecule has 2 rings (SSSR count). The van der Waals surface area contributed by atoms with Crippen molar-refractivity contribution in [1.82, 2.24) is 5.32 Å².